The van der Waals surface area contributed by atoms with Crippen molar-refractivity contribution in [2.45, 2.75) is 25.8 Å². The van der Waals surface area contributed by atoms with Crippen LogP contribution >= 0.6 is 11.3 Å². The van der Waals surface area contributed by atoms with Crippen molar-refractivity contribution < 1.29 is 4.79 Å². The molecule has 1 aliphatic heterocycles. The van der Waals surface area contributed by atoms with Gasteiger partial charge in [-0.1, -0.05) is 48.5 Å². The summed E-state index contributed by atoms with van der Waals surface area (Å²) in [6.07, 6.45) is 2.95. The van der Waals surface area contributed by atoms with Gasteiger partial charge in [-0.3, -0.25) is 9.69 Å². The molecule has 0 bridgehead atoms. The Morgan fingerprint density at radius 2 is 1.82 bits per heavy atom. The molecule has 0 radical (unpaired) electrons. The topological polar surface area (TPSA) is 32.3 Å². The number of nitrogens with one attached hydrogen (secondary N) is 1. The van der Waals surface area contributed by atoms with Gasteiger partial charge in [0.15, 0.2) is 0 Å². The quantitative estimate of drug-likeness (QED) is 0.652. The van der Waals surface area contributed by atoms with Crippen LogP contribution < -0.4 is 5.32 Å². The second-order valence-electron chi connectivity index (χ2n) is 7.29. The molecule has 1 aromatic heterocycles. The number of hydrogen-bond acceptors (Lipinski definition) is 3. The predicted octanol–water partition coefficient (Wildman–Crippen LogP) is 4.32. The number of carbonyl (C=O) groups is 1. The molecule has 2 aromatic carbocycles. The molecular formula is C24H26N2OS. The zero-order valence-corrected chi connectivity index (χ0v) is 16.9. The molecule has 4 rings (SSSR count). The highest BCUT2D eigenvalue weighted by Gasteiger charge is 2.17. The van der Waals surface area contributed by atoms with E-state index in [1.54, 1.807) is 0 Å². The molecule has 3 nitrogen and oxygen atoms in total. The molecule has 144 valence electrons. The number of fused-ring (bicyclic) bond motifs is 1. The molecule has 28 heavy (non-hydrogen) atoms. The Labute approximate surface area is 171 Å². The highest BCUT2D eigenvalue weighted by molar-refractivity contribution is 7.10. The third-order valence-corrected chi connectivity index (χ3v) is 6.41. The molecule has 3 aromatic rings. The molecule has 1 amide bonds. The Morgan fingerprint density at radius 1 is 1.00 bits per heavy atom. The van der Waals surface area contributed by atoms with Crippen LogP contribution in [0.25, 0.3) is 0 Å². The lowest BCUT2D eigenvalue weighted by atomic mass is 9.99. The van der Waals surface area contributed by atoms with Crippen molar-refractivity contribution in [3.8, 4) is 0 Å². The van der Waals surface area contributed by atoms with Gasteiger partial charge in [0.2, 0.25) is 0 Å². The highest BCUT2D eigenvalue weighted by Crippen LogP contribution is 2.23. The van der Waals surface area contributed by atoms with Crippen LogP contribution in [0.3, 0.4) is 0 Å². The lowest BCUT2D eigenvalue weighted by Gasteiger charge is -2.26. The van der Waals surface area contributed by atoms with Crippen molar-refractivity contribution in [1.82, 2.24) is 10.2 Å². The van der Waals surface area contributed by atoms with Gasteiger partial charge >= 0.3 is 0 Å². The second kappa shape index (κ2) is 9.18. The van der Waals surface area contributed by atoms with E-state index in [9.17, 15) is 4.79 Å². The molecule has 2 heterocycles. The molecule has 0 saturated heterocycles. The Balaban J connectivity index is 1.30. The van der Waals surface area contributed by atoms with Gasteiger partial charge in [0.1, 0.15) is 0 Å². The van der Waals surface area contributed by atoms with E-state index >= 15 is 0 Å². The number of thiophene rings is 1. The molecule has 0 saturated carbocycles. The number of nitrogens with zero attached hydrogens (tertiary/aromatic N) is 1. The third kappa shape index (κ3) is 4.70. The molecular weight excluding hydrogens is 364 g/mol. The Hall–Kier alpha value is -2.43. The van der Waals surface area contributed by atoms with Gasteiger partial charge in [-0.05, 0) is 53.5 Å². The molecule has 0 atom stereocenters. The van der Waals surface area contributed by atoms with Crippen LogP contribution in [0.4, 0.5) is 0 Å². The number of rotatable bonds is 7. The minimum absolute atomic E-state index is 0.0388. The molecule has 0 fully saturated rings. The van der Waals surface area contributed by atoms with Crippen LogP contribution in [0, 0.1) is 0 Å². The maximum Gasteiger partial charge on any atom is 0.251 e. The summed E-state index contributed by atoms with van der Waals surface area (Å²) >= 11 is 1.86. The van der Waals surface area contributed by atoms with E-state index in [0.29, 0.717) is 6.54 Å². The van der Waals surface area contributed by atoms with Crippen molar-refractivity contribution >= 4 is 17.2 Å². The summed E-state index contributed by atoms with van der Waals surface area (Å²) in [5, 5.41) is 5.31. The number of amides is 1. The van der Waals surface area contributed by atoms with Crippen LogP contribution in [0.1, 0.15) is 31.9 Å². The lowest BCUT2D eigenvalue weighted by molar-refractivity contribution is 0.0946. The lowest BCUT2D eigenvalue weighted by Crippen LogP contribution is -2.37. The highest BCUT2D eigenvalue weighted by atomic mass is 32.1. The number of hydrogen-bond donors (Lipinski definition) is 1. The molecule has 0 unspecified atom stereocenters. The van der Waals surface area contributed by atoms with E-state index in [2.05, 4.69) is 52.0 Å². The van der Waals surface area contributed by atoms with E-state index in [-0.39, 0.29) is 5.91 Å². The zero-order chi connectivity index (χ0) is 19.2. The van der Waals surface area contributed by atoms with E-state index < -0.39 is 0 Å². The first kappa shape index (κ1) is 18.9. The summed E-state index contributed by atoms with van der Waals surface area (Å²) < 4.78 is 0. The summed E-state index contributed by atoms with van der Waals surface area (Å²) in [7, 11) is 0. The largest absolute Gasteiger partial charge is 0.351 e. The third-order valence-electron chi connectivity index (χ3n) is 5.39. The van der Waals surface area contributed by atoms with Crippen molar-refractivity contribution in [3.63, 3.8) is 0 Å². The predicted molar refractivity (Wildman–Crippen MR) is 116 cm³/mol. The van der Waals surface area contributed by atoms with Crippen LogP contribution in [0.15, 0.2) is 66.0 Å². The van der Waals surface area contributed by atoms with Gasteiger partial charge < -0.3 is 5.32 Å². The zero-order valence-electron chi connectivity index (χ0n) is 16.1. The van der Waals surface area contributed by atoms with Gasteiger partial charge in [-0.2, -0.15) is 0 Å². The SMILES string of the molecule is O=C(NCCN1CCc2sccc2C1)c1ccccc1CCc1ccccc1. The smallest absolute Gasteiger partial charge is 0.251 e. The Morgan fingerprint density at radius 3 is 2.71 bits per heavy atom. The Kier molecular flexibility index (Phi) is 6.20. The summed E-state index contributed by atoms with van der Waals surface area (Å²) in [5.74, 6) is 0.0388. The van der Waals surface area contributed by atoms with Gasteiger partial charge in [-0.25, -0.2) is 0 Å². The number of carbonyl (C=O) groups excluding carboxylic acids is 1. The standard InChI is InChI=1S/C24H26N2OS/c27-24(25-14-16-26-15-12-23-21(18-26)13-17-28-23)22-9-5-4-8-20(22)11-10-19-6-2-1-3-7-19/h1-9,13,17H,10-12,14-16,18H2,(H,25,27). The maximum absolute atomic E-state index is 12.7. The fraction of sp³-hybridized carbons (Fsp3) is 0.292. The summed E-state index contributed by atoms with van der Waals surface area (Å²) in [4.78, 5) is 16.7. The first-order valence-corrected chi connectivity index (χ1v) is 10.9. The summed E-state index contributed by atoms with van der Waals surface area (Å²) in [6.45, 7) is 3.66. The van der Waals surface area contributed by atoms with Gasteiger partial charge in [0.05, 0.1) is 0 Å². The van der Waals surface area contributed by atoms with E-state index in [1.807, 2.05) is 35.6 Å². The van der Waals surface area contributed by atoms with E-state index in [4.69, 9.17) is 0 Å². The minimum atomic E-state index is 0.0388. The average Bonchev–Trinajstić information content (AvgIpc) is 3.21. The van der Waals surface area contributed by atoms with Crippen LogP contribution in [0.2, 0.25) is 0 Å². The number of aryl methyl sites for hydroxylation is 2. The van der Waals surface area contributed by atoms with Crippen molar-refractivity contribution in [3.05, 3.63) is 93.2 Å². The first-order valence-electron chi connectivity index (χ1n) is 9.97. The summed E-state index contributed by atoms with van der Waals surface area (Å²) in [6, 6.07) is 20.6. The first-order chi connectivity index (χ1) is 13.8. The van der Waals surface area contributed by atoms with Crippen LogP contribution in [-0.2, 0) is 25.8 Å². The summed E-state index contributed by atoms with van der Waals surface area (Å²) in [5.41, 5.74) is 4.67. The molecule has 1 aliphatic rings. The molecule has 4 heteroatoms. The molecule has 1 N–H and O–H groups in total. The van der Waals surface area contributed by atoms with Gasteiger partial charge in [0.25, 0.3) is 5.91 Å². The van der Waals surface area contributed by atoms with Crippen LogP contribution in [-0.4, -0.2) is 30.4 Å². The fourth-order valence-corrected chi connectivity index (χ4v) is 4.69. The normalized spacial score (nSPS) is 13.9. The van der Waals surface area contributed by atoms with Crippen molar-refractivity contribution in [2.75, 3.05) is 19.6 Å². The van der Waals surface area contributed by atoms with Crippen molar-refractivity contribution in [2.24, 2.45) is 0 Å². The van der Waals surface area contributed by atoms with Gasteiger partial charge in [0, 0.05) is 36.6 Å². The molecule has 0 aliphatic carbocycles. The Bertz CT molecular complexity index is 919. The monoisotopic (exact) mass is 390 g/mol. The number of benzene rings is 2. The van der Waals surface area contributed by atoms with Crippen LogP contribution in [0.5, 0.6) is 0 Å². The van der Waals surface area contributed by atoms with E-state index in [1.165, 1.54) is 16.0 Å². The second-order valence-corrected chi connectivity index (χ2v) is 8.29. The van der Waals surface area contributed by atoms with E-state index in [0.717, 1.165) is 50.0 Å². The van der Waals surface area contributed by atoms with Crippen molar-refractivity contribution in [1.29, 1.82) is 0 Å². The van der Waals surface area contributed by atoms with Gasteiger partial charge in [-0.15, -0.1) is 11.3 Å². The average molecular weight is 391 g/mol. The molecule has 0 spiro atoms. The minimum Gasteiger partial charge on any atom is -0.351 e. The fourth-order valence-electron chi connectivity index (χ4n) is 3.80. The maximum atomic E-state index is 12.7.